The summed E-state index contributed by atoms with van der Waals surface area (Å²) in [5.74, 6) is -1.26. The van der Waals surface area contributed by atoms with E-state index in [-0.39, 0.29) is 30.9 Å². The second-order valence-electron chi connectivity index (χ2n) is 10.8. The van der Waals surface area contributed by atoms with E-state index in [1.807, 2.05) is 54.6 Å². The van der Waals surface area contributed by atoms with Crippen molar-refractivity contribution in [2.75, 3.05) is 26.9 Å². The molecule has 0 unspecified atom stereocenters. The minimum atomic E-state index is -0.655. The normalized spacial score (nSPS) is 11.2. The Morgan fingerprint density at radius 2 is 1.30 bits per heavy atom. The minimum Gasteiger partial charge on any atom is -0.465 e. The van der Waals surface area contributed by atoms with Gasteiger partial charge in [-0.05, 0) is 36.6 Å². The van der Waals surface area contributed by atoms with Gasteiger partial charge in [0, 0.05) is 22.7 Å². The zero-order valence-corrected chi connectivity index (χ0v) is 27.4. The monoisotopic (exact) mass is 648 g/mol. The lowest BCUT2D eigenvalue weighted by Crippen LogP contribution is -2.46. The number of rotatable bonds is 13. The number of halogens is 1. The fraction of sp³-hybridized carbons (Fsp3) is 0.205. The van der Waals surface area contributed by atoms with Gasteiger partial charge in [0.15, 0.2) is 0 Å². The van der Waals surface area contributed by atoms with Crippen LogP contribution in [0, 0.1) is 6.92 Å². The molecule has 0 amide bonds. The van der Waals surface area contributed by atoms with Gasteiger partial charge < -0.3 is 14.2 Å². The molecule has 7 nitrogen and oxygen atoms in total. The van der Waals surface area contributed by atoms with Crippen LogP contribution in [0.3, 0.4) is 0 Å². The Labute approximate surface area is 280 Å². The molecule has 5 rings (SSSR count). The van der Waals surface area contributed by atoms with Crippen molar-refractivity contribution in [3.63, 3.8) is 0 Å². The Bertz CT molecular complexity index is 1720. The van der Waals surface area contributed by atoms with E-state index in [0.29, 0.717) is 34.1 Å². The number of ether oxygens (including phenoxy) is 3. The number of carbonyl (C=O) groups is 2. The fourth-order valence-electron chi connectivity index (χ4n) is 5.93. The summed E-state index contributed by atoms with van der Waals surface area (Å²) >= 11 is 6.61. The van der Waals surface area contributed by atoms with Crippen molar-refractivity contribution in [3.05, 3.63) is 159 Å². The highest BCUT2D eigenvalue weighted by Crippen LogP contribution is 2.38. The van der Waals surface area contributed by atoms with Crippen molar-refractivity contribution in [1.29, 1.82) is 0 Å². The summed E-state index contributed by atoms with van der Waals surface area (Å²) in [6, 6.07) is 37.9. The number of carbonyl (C=O) groups excluding carboxylic acids is 2. The van der Waals surface area contributed by atoms with Gasteiger partial charge in [0.05, 0.1) is 55.0 Å². The summed E-state index contributed by atoms with van der Waals surface area (Å²) in [7, 11) is 1.28. The quantitative estimate of drug-likeness (QED) is 0.0793. The van der Waals surface area contributed by atoms with Gasteiger partial charge in [-0.15, -0.1) is 0 Å². The van der Waals surface area contributed by atoms with Crippen LogP contribution in [-0.2, 0) is 26.4 Å². The van der Waals surface area contributed by atoms with Crippen LogP contribution in [0.2, 0.25) is 5.02 Å². The zero-order chi connectivity index (χ0) is 33.2. The van der Waals surface area contributed by atoms with E-state index < -0.39 is 17.5 Å². The van der Waals surface area contributed by atoms with E-state index in [1.165, 1.54) is 7.11 Å². The van der Waals surface area contributed by atoms with Crippen molar-refractivity contribution < 1.29 is 23.8 Å². The zero-order valence-electron chi connectivity index (χ0n) is 26.7. The van der Waals surface area contributed by atoms with Gasteiger partial charge in [-0.3, -0.25) is 10.3 Å². The van der Waals surface area contributed by atoms with Gasteiger partial charge in [-0.2, -0.15) is 0 Å². The van der Waals surface area contributed by atoms with E-state index in [9.17, 15) is 9.59 Å². The lowest BCUT2D eigenvalue weighted by Gasteiger charge is -2.37. The molecule has 0 aliphatic rings. The number of nitrogens with one attached hydrogen (secondary N) is 1. The van der Waals surface area contributed by atoms with Crippen LogP contribution in [0.25, 0.3) is 11.1 Å². The lowest BCUT2D eigenvalue weighted by atomic mass is 9.77. The number of pyridine rings is 1. The molecule has 1 heterocycles. The van der Waals surface area contributed by atoms with E-state index >= 15 is 0 Å². The molecule has 1 N–H and O–H groups in total. The number of esters is 2. The van der Waals surface area contributed by atoms with E-state index in [1.54, 1.807) is 38.1 Å². The van der Waals surface area contributed by atoms with Crippen molar-refractivity contribution in [2.24, 2.45) is 0 Å². The molecule has 47 heavy (non-hydrogen) atoms. The lowest BCUT2D eigenvalue weighted by molar-refractivity contribution is 0.0517. The van der Waals surface area contributed by atoms with Crippen LogP contribution in [-0.4, -0.2) is 43.8 Å². The Kier molecular flexibility index (Phi) is 11.2. The molecule has 8 heteroatoms. The molecule has 0 aliphatic heterocycles. The van der Waals surface area contributed by atoms with Gasteiger partial charge in [0.1, 0.15) is 0 Å². The molecular formula is C39H37ClN2O5. The number of aromatic nitrogens is 1. The van der Waals surface area contributed by atoms with Gasteiger partial charge in [-0.25, -0.2) is 9.59 Å². The van der Waals surface area contributed by atoms with Crippen LogP contribution >= 0.6 is 11.6 Å². The Hall–Kier alpha value is -4.82. The molecule has 4 aromatic carbocycles. The fourth-order valence-corrected chi connectivity index (χ4v) is 6.16. The van der Waals surface area contributed by atoms with Crippen LogP contribution in [0.5, 0.6) is 0 Å². The van der Waals surface area contributed by atoms with E-state index in [2.05, 4.69) is 46.7 Å². The van der Waals surface area contributed by atoms with Crippen LogP contribution in [0.4, 0.5) is 0 Å². The SMILES string of the molecule is CCOC(=O)c1c(COCCNC(c2ccccc2)(c2ccccc2)c2ccccc2)nc(C)c(C(=O)OC)c1-c1ccccc1Cl. The number of aryl methyl sites for hydroxylation is 1. The first kappa shape index (κ1) is 33.5. The Balaban J connectivity index is 1.49. The summed E-state index contributed by atoms with van der Waals surface area (Å²) in [4.78, 5) is 31.2. The summed E-state index contributed by atoms with van der Waals surface area (Å²) in [6.07, 6.45) is 0. The molecule has 0 atom stereocenters. The summed E-state index contributed by atoms with van der Waals surface area (Å²) in [6.45, 7) is 4.29. The van der Waals surface area contributed by atoms with E-state index in [4.69, 9.17) is 25.8 Å². The number of methoxy groups -OCH3 is 1. The maximum Gasteiger partial charge on any atom is 0.340 e. The summed E-state index contributed by atoms with van der Waals surface area (Å²) in [5, 5.41) is 4.16. The molecule has 240 valence electrons. The first-order chi connectivity index (χ1) is 22.9. The third-order valence-electron chi connectivity index (χ3n) is 7.96. The standard InChI is InChI=1S/C39H37ClN2O5/c1-4-47-38(44)36-33(42-27(2)34(37(43)45-3)35(36)31-22-14-15-23-32(31)40)26-46-25-24-41-39(28-16-8-5-9-17-28,29-18-10-6-11-19-29)30-20-12-7-13-21-30/h5-23,41H,4,24-26H2,1-3H3. The smallest absolute Gasteiger partial charge is 0.340 e. The molecule has 0 bridgehead atoms. The second kappa shape index (κ2) is 15.6. The van der Waals surface area contributed by atoms with Crippen LogP contribution < -0.4 is 5.32 Å². The summed E-state index contributed by atoms with van der Waals surface area (Å²) in [5.41, 5.74) is 4.38. The molecule has 0 fully saturated rings. The third-order valence-corrected chi connectivity index (χ3v) is 8.29. The molecule has 0 radical (unpaired) electrons. The number of nitrogens with zero attached hydrogens (tertiary/aromatic N) is 1. The largest absolute Gasteiger partial charge is 0.465 e. The average Bonchev–Trinajstić information content (AvgIpc) is 3.11. The molecule has 0 saturated heterocycles. The maximum atomic E-state index is 13.5. The van der Waals surface area contributed by atoms with Gasteiger partial charge >= 0.3 is 11.9 Å². The highest BCUT2D eigenvalue weighted by Gasteiger charge is 2.36. The third kappa shape index (κ3) is 7.13. The van der Waals surface area contributed by atoms with Crippen molar-refractivity contribution in [3.8, 4) is 11.1 Å². The molecule has 0 spiro atoms. The Morgan fingerprint density at radius 1 is 0.766 bits per heavy atom. The number of benzene rings is 4. The van der Waals surface area contributed by atoms with Crippen LogP contribution in [0.15, 0.2) is 115 Å². The van der Waals surface area contributed by atoms with Crippen LogP contribution in [0.1, 0.15) is 55.7 Å². The molecule has 0 saturated carbocycles. The number of hydrogen-bond acceptors (Lipinski definition) is 7. The minimum absolute atomic E-state index is 0.00934. The predicted octanol–water partition coefficient (Wildman–Crippen LogP) is 7.77. The number of hydrogen-bond donors (Lipinski definition) is 1. The molecule has 5 aromatic rings. The molecular weight excluding hydrogens is 612 g/mol. The molecule has 0 aliphatic carbocycles. The van der Waals surface area contributed by atoms with Crippen molar-refractivity contribution in [1.82, 2.24) is 10.3 Å². The van der Waals surface area contributed by atoms with E-state index in [0.717, 1.165) is 16.7 Å². The van der Waals surface area contributed by atoms with Gasteiger partial charge in [0.25, 0.3) is 0 Å². The first-order valence-electron chi connectivity index (χ1n) is 15.5. The second-order valence-corrected chi connectivity index (χ2v) is 11.2. The first-order valence-corrected chi connectivity index (χ1v) is 15.8. The van der Waals surface area contributed by atoms with Crippen molar-refractivity contribution >= 4 is 23.5 Å². The van der Waals surface area contributed by atoms with Gasteiger partial charge in [0.2, 0.25) is 0 Å². The maximum absolute atomic E-state index is 13.5. The highest BCUT2D eigenvalue weighted by atomic mass is 35.5. The van der Waals surface area contributed by atoms with Crippen molar-refractivity contribution in [2.45, 2.75) is 26.0 Å². The topological polar surface area (TPSA) is 86.8 Å². The van der Waals surface area contributed by atoms with Gasteiger partial charge in [-0.1, -0.05) is 121 Å². The average molecular weight is 649 g/mol. The summed E-state index contributed by atoms with van der Waals surface area (Å²) < 4.78 is 16.8. The Morgan fingerprint density at radius 3 is 1.81 bits per heavy atom. The molecule has 1 aromatic heterocycles. The highest BCUT2D eigenvalue weighted by molar-refractivity contribution is 6.34. The predicted molar refractivity (Wildman–Crippen MR) is 184 cm³/mol.